The average Bonchev–Trinajstić information content (AvgIpc) is 2.98. The van der Waals surface area contributed by atoms with Crippen LogP contribution in [0.5, 0.6) is 0 Å². The summed E-state index contributed by atoms with van der Waals surface area (Å²) in [6, 6.07) is -0.849. The molecule has 4 rings (SSSR count). The van der Waals surface area contributed by atoms with E-state index in [-0.39, 0.29) is 30.9 Å². The van der Waals surface area contributed by atoms with Gasteiger partial charge in [-0.05, 0) is 27.2 Å². The molecule has 30 heavy (non-hydrogen) atoms. The predicted octanol–water partition coefficient (Wildman–Crippen LogP) is 0.175. The summed E-state index contributed by atoms with van der Waals surface area (Å²) in [5, 5.41) is 9.37. The monoisotopic (exact) mass is 417 g/mol. The van der Waals surface area contributed by atoms with Crippen LogP contribution in [-0.2, 0) is 19.1 Å². The van der Waals surface area contributed by atoms with Crippen LogP contribution in [0, 0.1) is 11.8 Å². The van der Waals surface area contributed by atoms with Crippen LogP contribution in [-0.4, -0.2) is 94.1 Å². The second kappa shape index (κ2) is 7.20. The zero-order chi connectivity index (χ0) is 21.8. The molecule has 0 radical (unpaired) electrons. The second-order valence-electron chi connectivity index (χ2n) is 9.62. The number of aliphatic hydroxyl groups excluding tert-OH is 1. The first kappa shape index (κ1) is 21.1. The molecule has 0 bridgehead atoms. The number of nitrogens with zero attached hydrogens (tertiary/aromatic N) is 3. The van der Waals surface area contributed by atoms with Gasteiger partial charge in [0, 0.05) is 38.8 Å². The Labute approximate surface area is 177 Å². The van der Waals surface area contributed by atoms with E-state index in [9.17, 15) is 19.5 Å². The van der Waals surface area contributed by atoms with Crippen molar-refractivity contribution in [1.29, 1.82) is 0 Å². The maximum absolute atomic E-state index is 13.8. The first-order valence-corrected chi connectivity index (χ1v) is 10.6. The Bertz CT molecular complexity index is 816. The van der Waals surface area contributed by atoms with Gasteiger partial charge < -0.3 is 24.5 Å². The first-order valence-electron chi connectivity index (χ1n) is 10.6. The van der Waals surface area contributed by atoms with Crippen molar-refractivity contribution in [2.75, 3.05) is 33.3 Å². The standard InChI is InChI=1S/C22H31N3O5/c1-21(2,3)25-12-6-9-22-16(15-14(30-22)8-5-10-23(4)18(15)27)19(28)24(11-7-13-26)17(22)20(25)29/h5-6,8-9,14-17,26H,7,10-13H2,1-4H3/t14-,15+,16-,17?,22-/m0/s1. The molecule has 0 aliphatic carbocycles. The predicted molar refractivity (Wildman–Crippen MR) is 109 cm³/mol. The molecule has 164 valence electrons. The van der Waals surface area contributed by atoms with Crippen LogP contribution in [0.15, 0.2) is 24.3 Å². The minimum absolute atomic E-state index is 0.0848. The third kappa shape index (κ3) is 2.92. The van der Waals surface area contributed by atoms with Crippen molar-refractivity contribution < 1.29 is 24.2 Å². The smallest absolute Gasteiger partial charge is 0.249 e. The van der Waals surface area contributed by atoms with Gasteiger partial charge in [0.05, 0.1) is 17.9 Å². The third-order valence-corrected chi connectivity index (χ3v) is 6.73. The minimum Gasteiger partial charge on any atom is -0.396 e. The van der Waals surface area contributed by atoms with Gasteiger partial charge in [0.1, 0.15) is 11.6 Å². The van der Waals surface area contributed by atoms with E-state index in [1.165, 1.54) is 4.90 Å². The molecule has 0 aromatic heterocycles. The summed E-state index contributed by atoms with van der Waals surface area (Å²) < 4.78 is 6.48. The summed E-state index contributed by atoms with van der Waals surface area (Å²) >= 11 is 0. The summed E-state index contributed by atoms with van der Waals surface area (Å²) in [5.74, 6) is -1.99. The number of rotatable bonds is 3. The summed E-state index contributed by atoms with van der Waals surface area (Å²) in [5.41, 5.74) is -1.62. The van der Waals surface area contributed by atoms with Crippen molar-refractivity contribution >= 4 is 17.7 Å². The molecule has 4 heterocycles. The van der Waals surface area contributed by atoms with E-state index in [4.69, 9.17) is 4.74 Å². The Morgan fingerprint density at radius 3 is 2.53 bits per heavy atom. The molecule has 0 aromatic rings. The molecule has 5 atom stereocenters. The largest absolute Gasteiger partial charge is 0.396 e. The number of ether oxygens (including phenoxy) is 1. The normalized spacial score (nSPS) is 36.0. The fraction of sp³-hybridized carbons (Fsp3) is 0.682. The van der Waals surface area contributed by atoms with E-state index in [1.54, 1.807) is 16.8 Å². The molecule has 2 saturated heterocycles. The molecular formula is C22H31N3O5. The van der Waals surface area contributed by atoms with E-state index in [2.05, 4.69) is 0 Å². The molecule has 4 aliphatic heterocycles. The highest BCUT2D eigenvalue weighted by atomic mass is 16.5. The molecule has 1 N–H and O–H groups in total. The lowest BCUT2D eigenvalue weighted by atomic mass is 9.77. The number of carbonyl (C=O) groups excluding carboxylic acids is 3. The zero-order valence-electron chi connectivity index (χ0n) is 18.1. The lowest BCUT2D eigenvalue weighted by Gasteiger charge is -2.40. The molecule has 2 fully saturated rings. The second-order valence-corrected chi connectivity index (χ2v) is 9.62. The number of likely N-dealkylation sites (N-methyl/N-ethyl adjacent to an activating group) is 1. The molecule has 0 aromatic carbocycles. The van der Waals surface area contributed by atoms with E-state index in [0.29, 0.717) is 19.5 Å². The molecule has 3 amide bonds. The Morgan fingerprint density at radius 1 is 1.13 bits per heavy atom. The SMILES string of the molecule is CN1CC=C[C@@H]2O[C@]34C=CCN(C(C)(C)C)C(=O)C3N(CCCO)C(=O)[C@@H]4[C@@H]2C1=O. The van der Waals surface area contributed by atoms with Gasteiger partial charge in [-0.1, -0.05) is 24.3 Å². The summed E-state index contributed by atoms with van der Waals surface area (Å²) in [6.45, 7) is 6.93. The van der Waals surface area contributed by atoms with Crippen molar-refractivity contribution in [2.45, 2.75) is 50.5 Å². The Kier molecular flexibility index (Phi) is 5.05. The van der Waals surface area contributed by atoms with Gasteiger partial charge in [0.15, 0.2) is 0 Å². The number of carbonyl (C=O) groups is 3. The van der Waals surface area contributed by atoms with Crippen LogP contribution in [0.3, 0.4) is 0 Å². The van der Waals surface area contributed by atoms with Gasteiger partial charge in [-0.2, -0.15) is 0 Å². The quantitative estimate of drug-likeness (QED) is 0.662. The fourth-order valence-corrected chi connectivity index (χ4v) is 5.35. The fourth-order valence-electron chi connectivity index (χ4n) is 5.35. The highest BCUT2D eigenvalue weighted by Crippen LogP contribution is 2.53. The van der Waals surface area contributed by atoms with Gasteiger partial charge in [0.25, 0.3) is 0 Å². The topological polar surface area (TPSA) is 90.4 Å². The van der Waals surface area contributed by atoms with Gasteiger partial charge in [-0.25, -0.2) is 0 Å². The number of hydrogen-bond donors (Lipinski definition) is 1. The number of aliphatic hydroxyl groups is 1. The molecule has 0 saturated carbocycles. The van der Waals surface area contributed by atoms with E-state index in [0.717, 1.165) is 0 Å². The molecule has 8 heteroatoms. The Morgan fingerprint density at radius 2 is 1.87 bits per heavy atom. The lowest BCUT2D eigenvalue weighted by molar-refractivity contribution is -0.151. The summed E-state index contributed by atoms with van der Waals surface area (Å²) in [4.78, 5) is 45.5. The van der Waals surface area contributed by atoms with Crippen LogP contribution >= 0.6 is 0 Å². The highest BCUT2D eigenvalue weighted by molar-refractivity contribution is 5.99. The maximum atomic E-state index is 13.8. The van der Waals surface area contributed by atoms with Crippen molar-refractivity contribution in [1.82, 2.24) is 14.7 Å². The number of amides is 3. The third-order valence-electron chi connectivity index (χ3n) is 6.73. The van der Waals surface area contributed by atoms with Crippen LogP contribution in [0.25, 0.3) is 0 Å². The molecule has 1 unspecified atom stereocenters. The van der Waals surface area contributed by atoms with E-state index >= 15 is 0 Å². The first-order chi connectivity index (χ1) is 14.1. The molecule has 4 aliphatic rings. The average molecular weight is 418 g/mol. The molecule has 8 nitrogen and oxygen atoms in total. The molecule has 1 spiro atoms. The minimum atomic E-state index is -1.18. The number of fused-ring (bicyclic) bond motifs is 2. The Hall–Kier alpha value is -2.19. The van der Waals surface area contributed by atoms with Gasteiger partial charge in [-0.3, -0.25) is 14.4 Å². The van der Waals surface area contributed by atoms with Crippen molar-refractivity contribution in [3.63, 3.8) is 0 Å². The number of hydrogen-bond acceptors (Lipinski definition) is 5. The zero-order valence-corrected chi connectivity index (χ0v) is 18.1. The van der Waals surface area contributed by atoms with E-state index in [1.807, 2.05) is 45.1 Å². The Balaban J connectivity index is 1.84. The lowest BCUT2D eigenvalue weighted by Crippen LogP contribution is -2.58. The highest BCUT2D eigenvalue weighted by Gasteiger charge is 2.71. The van der Waals surface area contributed by atoms with Gasteiger partial charge in [0.2, 0.25) is 17.7 Å². The number of likely N-dealkylation sites (tertiary alicyclic amines) is 1. The van der Waals surface area contributed by atoms with Gasteiger partial charge in [-0.15, -0.1) is 0 Å². The van der Waals surface area contributed by atoms with Crippen molar-refractivity contribution in [3.8, 4) is 0 Å². The van der Waals surface area contributed by atoms with Crippen LogP contribution in [0.4, 0.5) is 0 Å². The molecular weight excluding hydrogens is 386 g/mol. The summed E-state index contributed by atoms with van der Waals surface area (Å²) in [6.07, 6.45) is 7.29. The van der Waals surface area contributed by atoms with Crippen LogP contribution < -0.4 is 0 Å². The van der Waals surface area contributed by atoms with Crippen LogP contribution in [0.2, 0.25) is 0 Å². The van der Waals surface area contributed by atoms with Crippen molar-refractivity contribution in [2.24, 2.45) is 11.8 Å². The van der Waals surface area contributed by atoms with E-state index < -0.39 is 35.1 Å². The van der Waals surface area contributed by atoms with Crippen molar-refractivity contribution in [3.05, 3.63) is 24.3 Å². The van der Waals surface area contributed by atoms with Crippen LogP contribution in [0.1, 0.15) is 27.2 Å². The summed E-state index contributed by atoms with van der Waals surface area (Å²) in [7, 11) is 1.72. The van der Waals surface area contributed by atoms with Gasteiger partial charge >= 0.3 is 0 Å². The maximum Gasteiger partial charge on any atom is 0.249 e.